The number of nitrogens with zero attached hydrogens (tertiary/aromatic N) is 1. The zero-order chi connectivity index (χ0) is 20.9. The van der Waals surface area contributed by atoms with Gasteiger partial charge in [0.25, 0.3) is 5.91 Å². The summed E-state index contributed by atoms with van der Waals surface area (Å²) in [5, 5.41) is 2.91. The number of halogens is 1. The van der Waals surface area contributed by atoms with Crippen molar-refractivity contribution in [3.05, 3.63) is 53.1 Å². The highest BCUT2D eigenvalue weighted by molar-refractivity contribution is 7.89. The Kier molecular flexibility index (Phi) is 7.13. The van der Waals surface area contributed by atoms with Crippen molar-refractivity contribution in [3.8, 4) is 5.75 Å². The van der Waals surface area contributed by atoms with E-state index in [2.05, 4.69) is 5.32 Å². The third-order valence-corrected chi connectivity index (χ3v) is 6.78. The number of benzene rings is 2. The van der Waals surface area contributed by atoms with E-state index < -0.39 is 15.9 Å². The molecule has 29 heavy (non-hydrogen) atoms. The number of amides is 1. The molecule has 0 atom stereocenters. The maximum absolute atomic E-state index is 12.8. The van der Waals surface area contributed by atoms with Crippen molar-refractivity contribution in [1.29, 1.82) is 0 Å². The second-order valence-electron chi connectivity index (χ2n) is 6.57. The second kappa shape index (κ2) is 9.58. The molecule has 0 radical (unpaired) electrons. The molecule has 3 rings (SSSR count). The highest BCUT2D eigenvalue weighted by Gasteiger charge is 2.28. The molecule has 0 saturated carbocycles. The van der Waals surface area contributed by atoms with Crippen LogP contribution in [0.2, 0.25) is 5.02 Å². The molecule has 1 N–H and O–H groups in total. The van der Waals surface area contributed by atoms with Crippen LogP contribution in [0.4, 0.5) is 5.69 Å². The number of nitrogens with one attached hydrogen (secondary N) is 1. The predicted molar refractivity (Wildman–Crippen MR) is 111 cm³/mol. The Hall–Kier alpha value is -2.13. The van der Waals surface area contributed by atoms with E-state index in [-0.39, 0.29) is 15.5 Å². The van der Waals surface area contributed by atoms with Crippen LogP contribution in [-0.4, -0.2) is 52.0 Å². The fourth-order valence-corrected chi connectivity index (χ4v) is 4.74. The minimum Gasteiger partial charge on any atom is -0.491 e. The quantitative estimate of drug-likeness (QED) is 0.638. The van der Waals surface area contributed by atoms with Crippen LogP contribution in [0.1, 0.15) is 23.2 Å². The Labute approximate surface area is 175 Å². The minimum absolute atomic E-state index is 0.0656. The van der Waals surface area contributed by atoms with Crippen molar-refractivity contribution in [2.45, 2.75) is 17.7 Å². The number of methoxy groups -OCH3 is 1. The number of hydrogen-bond acceptors (Lipinski definition) is 5. The van der Waals surface area contributed by atoms with Gasteiger partial charge in [-0.15, -0.1) is 0 Å². The lowest BCUT2D eigenvalue weighted by Crippen LogP contribution is -2.28. The van der Waals surface area contributed by atoms with E-state index in [9.17, 15) is 13.2 Å². The molecule has 1 aliphatic heterocycles. The molecular formula is C20H23ClN2O5S. The van der Waals surface area contributed by atoms with Gasteiger partial charge in [0.05, 0.1) is 22.1 Å². The molecule has 1 aliphatic rings. The first kappa shape index (κ1) is 21.6. The van der Waals surface area contributed by atoms with E-state index in [1.807, 2.05) is 0 Å². The fourth-order valence-electron chi connectivity index (χ4n) is 2.99. The molecule has 1 fully saturated rings. The molecule has 1 heterocycles. The zero-order valence-corrected chi connectivity index (χ0v) is 17.6. The van der Waals surface area contributed by atoms with Crippen molar-refractivity contribution in [1.82, 2.24) is 4.31 Å². The molecule has 2 aromatic rings. The van der Waals surface area contributed by atoms with Crippen LogP contribution in [0.25, 0.3) is 0 Å². The van der Waals surface area contributed by atoms with Crippen molar-refractivity contribution < 1.29 is 22.7 Å². The molecule has 0 unspecified atom stereocenters. The van der Waals surface area contributed by atoms with E-state index in [0.29, 0.717) is 37.7 Å². The van der Waals surface area contributed by atoms with Crippen LogP contribution in [0.15, 0.2) is 47.4 Å². The number of hydrogen-bond donors (Lipinski definition) is 1. The average molecular weight is 439 g/mol. The van der Waals surface area contributed by atoms with Gasteiger partial charge >= 0.3 is 0 Å². The van der Waals surface area contributed by atoms with E-state index in [1.54, 1.807) is 31.4 Å². The van der Waals surface area contributed by atoms with Gasteiger partial charge in [-0.25, -0.2) is 8.42 Å². The molecular weight excluding hydrogens is 416 g/mol. The van der Waals surface area contributed by atoms with E-state index in [4.69, 9.17) is 21.1 Å². The Morgan fingerprint density at radius 3 is 2.45 bits per heavy atom. The lowest BCUT2D eigenvalue weighted by Gasteiger charge is -2.16. The third kappa shape index (κ3) is 5.27. The smallest absolute Gasteiger partial charge is 0.257 e. The van der Waals surface area contributed by atoms with Crippen molar-refractivity contribution in [2.75, 3.05) is 38.7 Å². The summed E-state index contributed by atoms with van der Waals surface area (Å²) < 4.78 is 37.3. The van der Waals surface area contributed by atoms with Gasteiger partial charge < -0.3 is 14.8 Å². The summed E-state index contributed by atoms with van der Waals surface area (Å²) in [5.41, 5.74) is 0.644. The standard InChI is InChI=1S/C20H23ClN2O5S/c1-27-12-13-28-16-6-4-15(5-7-16)22-20(24)18-14-17(8-9-19(18)21)29(25,26)23-10-2-3-11-23/h4-9,14H,2-3,10-13H2,1H3,(H,22,24). The van der Waals surface area contributed by atoms with Gasteiger partial charge in [-0.1, -0.05) is 11.6 Å². The van der Waals surface area contributed by atoms with Gasteiger partial charge in [0.1, 0.15) is 12.4 Å². The van der Waals surface area contributed by atoms with Crippen molar-refractivity contribution >= 4 is 33.2 Å². The summed E-state index contributed by atoms with van der Waals surface area (Å²) in [7, 11) is -2.04. The van der Waals surface area contributed by atoms with Crippen LogP contribution in [0.3, 0.4) is 0 Å². The molecule has 9 heteroatoms. The summed E-state index contributed by atoms with van der Waals surface area (Å²) in [6, 6.07) is 11.0. The van der Waals surface area contributed by atoms with Gasteiger partial charge in [0.15, 0.2) is 0 Å². The normalized spacial score (nSPS) is 14.7. The van der Waals surface area contributed by atoms with E-state index >= 15 is 0 Å². The van der Waals surface area contributed by atoms with Gasteiger partial charge in [-0.3, -0.25) is 4.79 Å². The van der Waals surface area contributed by atoms with Crippen LogP contribution in [0, 0.1) is 0 Å². The predicted octanol–water partition coefficient (Wildman–Crippen LogP) is 3.40. The summed E-state index contributed by atoms with van der Waals surface area (Å²) in [6.45, 7) is 1.89. The fraction of sp³-hybridized carbons (Fsp3) is 0.350. The average Bonchev–Trinajstić information content (AvgIpc) is 3.25. The first-order valence-electron chi connectivity index (χ1n) is 9.24. The number of carbonyl (C=O) groups excluding carboxylic acids is 1. The lowest BCUT2D eigenvalue weighted by atomic mass is 10.2. The topological polar surface area (TPSA) is 84.9 Å². The third-order valence-electron chi connectivity index (χ3n) is 4.55. The molecule has 2 aromatic carbocycles. The summed E-state index contributed by atoms with van der Waals surface area (Å²) in [6.07, 6.45) is 1.68. The Bertz CT molecular complexity index is 957. The lowest BCUT2D eigenvalue weighted by molar-refractivity contribution is 0.102. The van der Waals surface area contributed by atoms with Crippen molar-refractivity contribution in [3.63, 3.8) is 0 Å². The van der Waals surface area contributed by atoms with Crippen LogP contribution in [0.5, 0.6) is 5.75 Å². The molecule has 7 nitrogen and oxygen atoms in total. The van der Waals surface area contributed by atoms with Gasteiger partial charge in [-0.2, -0.15) is 4.31 Å². The Balaban J connectivity index is 1.73. The first-order valence-corrected chi connectivity index (χ1v) is 11.1. The highest BCUT2D eigenvalue weighted by atomic mass is 35.5. The zero-order valence-electron chi connectivity index (χ0n) is 16.1. The SMILES string of the molecule is COCCOc1ccc(NC(=O)c2cc(S(=O)(=O)N3CCCC3)ccc2Cl)cc1. The minimum atomic E-state index is -3.63. The maximum atomic E-state index is 12.8. The van der Waals surface area contributed by atoms with Crippen LogP contribution < -0.4 is 10.1 Å². The number of sulfonamides is 1. The Morgan fingerprint density at radius 1 is 1.10 bits per heavy atom. The first-order chi connectivity index (χ1) is 13.9. The summed E-state index contributed by atoms with van der Waals surface area (Å²) in [4.78, 5) is 12.7. The van der Waals surface area contributed by atoms with Crippen LogP contribution in [-0.2, 0) is 14.8 Å². The monoisotopic (exact) mass is 438 g/mol. The number of carbonyl (C=O) groups is 1. The largest absolute Gasteiger partial charge is 0.491 e. The van der Waals surface area contributed by atoms with Crippen LogP contribution >= 0.6 is 11.6 Å². The van der Waals surface area contributed by atoms with Gasteiger partial charge in [0, 0.05) is 25.9 Å². The number of rotatable bonds is 8. The Morgan fingerprint density at radius 2 is 1.79 bits per heavy atom. The van der Waals surface area contributed by atoms with Gasteiger partial charge in [-0.05, 0) is 55.3 Å². The molecule has 1 saturated heterocycles. The molecule has 0 bridgehead atoms. The molecule has 0 spiro atoms. The second-order valence-corrected chi connectivity index (χ2v) is 8.92. The molecule has 0 aliphatic carbocycles. The van der Waals surface area contributed by atoms with Crippen molar-refractivity contribution in [2.24, 2.45) is 0 Å². The summed E-state index contributed by atoms with van der Waals surface area (Å²) >= 11 is 6.16. The molecule has 1 amide bonds. The van der Waals surface area contributed by atoms with E-state index in [1.165, 1.54) is 22.5 Å². The highest BCUT2D eigenvalue weighted by Crippen LogP contribution is 2.26. The maximum Gasteiger partial charge on any atom is 0.257 e. The molecule has 0 aromatic heterocycles. The van der Waals surface area contributed by atoms with Gasteiger partial charge in [0.2, 0.25) is 10.0 Å². The number of ether oxygens (including phenoxy) is 2. The summed E-state index contributed by atoms with van der Waals surface area (Å²) in [5.74, 6) is 0.165. The number of anilines is 1. The molecule has 156 valence electrons. The van der Waals surface area contributed by atoms with E-state index in [0.717, 1.165) is 12.8 Å².